The molecular weight excluding hydrogens is 495 g/mol. The highest BCUT2D eigenvalue weighted by molar-refractivity contribution is 5.62. The van der Waals surface area contributed by atoms with Crippen LogP contribution in [-0.2, 0) is 12.7 Å². The molecule has 2 aromatic carbocycles. The van der Waals surface area contributed by atoms with Crippen LogP contribution in [0.2, 0.25) is 0 Å². The molecule has 12 heteroatoms. The van der Waals surface area contributed by atoms with Crippen LogP contribution < -0.4 is 5.69 Å². The quantitative estimate of drug-likeness (QED) is 0.296. The molecule has 0 aliphatic carbocycles. The lowest BCUT2D eigenvalue weighted by Gasteiger charge is -2.26. The minimum atomic E-state index is -4.46. The SMILES string of the molecule is CC(C(Cn1cncn1)c1ccc(F)cc1F)n1ccc2nc(-c3ccc(C(F)(F)F)cc3)cn2c1=O. The van der Waals surface area contributed by atoms with Crippen LogP contribution in [0.5, 0.6) is 0 Å². The first kappa shape index (κ1) is 24.3. The lowest BCUT2D eigenvalue weighted by atomic mass is 9.91. The van der Waals surface area contributed by atoms with E-state index in [1.54, 1.807) is 13.0 Å². The predicted molar refractivity (Wildman–Crippen MR) is 124 cm³/mol. The molecule has 0 N–H and O–H groups in total. The Morgan fingerprint density at radius 1 is 1.03 bits per heavy atom. The number of hydrogen-bond donors (Lipinski definition) is 0. The Hall–Kier alpha value is -4.35. The number of rotatable bonds is 6. The summed E-state index contributed by atoms with van der Waals surface area (Å²) in [6.07, 6.45) is 1.28. The van der Waals surface area contributed by atoms with E-state index in [1.807, 2.05) is 0 Å². The summed E-state index contributed by atoms with van der Waals surface area (Å²) < 4.78 is 71.2. The van der Waals surface area contributed by atoms with Gasteiger partial charge in [-0.3, -0.25) is 13.6 Å². The normalized spacial score (nSPS) is 13.7. The predicted octanol–water partition coefficient (Wildman–Crippen LogP) is 5.10. The van der Waals surface area contributed by atoms with E-state index in [1.165, 1.54) is 56.9 Å². The second-order valence-corrected chi connectivity index (χ2v) is 8.57. The average molecular weight is 514 g/mol. The lowest BCUT2D eigenvalue weighted by molar-refractivity contribution is -0.137. The van der Waals surface area contributed by atoms with Crippen LogP contribution in [0.4, 0.5) is 22.0 Å². The van der Waals surface area contributed by atoms with Crippen molar-refractivity contribution in [3.05, 3.63) is 107 Å². The smallest absolute Gasteiger partial charge is 0.297 e. The van der Waals surface area contributed by atoms with Crippen molar-refractivity contribution in [2.24, 2.45) is 0 Å². The molecule has 0 saturated carbocycles. The molecule has 5 aromatic rings. The van der Waals surface area contributed by atoms with Crippen molar-refractivity contribution in [2.75, 3.05) is 0 Å². The Bertz CT molecular complexity index is 1610. The van der Waals surface area contributed by atoms with Gasteiger partial charge < -0.3 is 0 Å². The molecule has 0 aliphatic rings. The fourth-order valence-corrected chi connectivity index (χ4v) is 4.31. The molecular formula is C25H19F5N6O. The van der Waals surface area contributed by atoms with Crippen molar-refractivity contribution >= 4 is 5.65 Å². The average Bonchev–Trinajstić information content (AvgIpc) is 3.53. The van der Waals surface area contributed by atoms with Crippen molar-refractivity contribution in [2.45, 2.75) is 31.6 Å². The van der Waals surface area contributed by atoms with Gasteiger partial charge in [-0.1, -0.05) is 18.2 Å². The van der Waals surface area contributed by atoms with E-state index in [-0.39, 0.29) is 12.1 Å². The standard InChI is InChI=1S/C25H19F5N6O/c1-15(20(11-34-14-31-13-32-34)19-7-6-18(26)10-21(19)27)35-9-8-23-33-22(12-36(23)24(35)37)16-2-4-17(5-3-16)25(28,29)30/h2-10,12-15,20H,11H2,1H3. The maximum absolute atomic E-state index is 14.8. The molecule has 0 radical (unpaired) electrons. The summed E-state index contributed by atoms with van der Waals surface area (Å²) >= 11 is 0. The maximum atomic E-state index is 14.8. The summed E-state index contributed by atoms with van der Waals surface area (Å²) in [4.78, 5) is 21.7. The first-order valence-corrected chi connectivity index (χ1v) is 11.2. The Balaban J connectivity index is 1.54. The number of alkyl halides is 3. The zero-order chi connectivity index (χ0) is 26.3. The third-order valence-corrected chi connectivity index (χ3v) is 6.29. The third kappa shape index (κ3) is 4.74. The molecule has 3 aromatic heterocycles. The molecule has 190 valence electrons. The van der Waals surface area contributed by atoms with Gasteiger partial charge in [-0.05, 0) is 36.8 Å². The minimum absolute atomic E-state index is 0.162. The second-order valence-electron chi connectivity index (χ2n) is 8.57. The van der Waals surface area contributed by atoms with Crippen LogP contribution in [0, 0.1) is 11.6 Å². The maximum Gasteiger partial charge on any atom is 0.416 e. The zero-order valence-electron chi connectivity index (χ0n) is 19.3. The zero-order valence-corrected chi connectivity index (χ0v) is 19.3. The second kappa shape index (κ2) is 9.26. The van der Waals surface area contributed by atoms with Gasteiger partial charge in [0.1, 0.15) is 29.9 Å². The summed E-state index contributed by atoms with van der Waals surface area (Å²) in [5.41, 5.74) is -0.0471. The number of benzene rings is 2. The summed E-state index contributed by atoms with van der Waals surface area (Å²) in [6.45, 7) is 1.89. The van der Waals surface area contributed by atoms with E-state index < -0.39 is 41.0 Å². The third-order valence-electron chi connectivity index (χ3n) is 6.29. The minimum Gasteiger partial charge on any atom is -0.297 e. The number of halogens is 5. The largest absolute Gasteiger partial charge is 0.416 e. The molecule has 3 heterocycles. The van der Waals surface area contributed by atoms with Crippen molar-refractivity contribution in [1.82, 2.24) is 28.7 Å². The van der Waals surface area contributed by atoms with Crippen molar-refractivity contribution in [3.8, 4) is 11.3 Å². The van der Waals surface area contributed by atoms with E-state index in [4.69, 9.17) is 0 Å². The number of hydrogen-bond acceptors (Lipinski definition) is 4. The number of imidazole rings is 1. The van der Waals surface area contributed by atoms with Gasteiger partial charge >= 0.3 is 11.9 Å². The molecule has 0 amide bonds. The number of aromatic nitrogens is 6. The summed E-state index contributed by atoms with van der Waals surface area (Å²) in [7, 11) is 0. The van der Waals surface area contributed by atoms with Crippen molar-refractivity contribution in [3.63, 3.8) is 0 Å². The molecule has 0 aliphatic heterocycles. The molecule has 5 rings (SSSR count). The topological polar surface area (TPSA) is 70.0 Å². The van der Waals surface area contributed by atoms with Crippen LogP contribution >= 0.6 is 0 Å². The van der Waals surface area contributed by atoms with Crippen molar-refractivity contribution in [1.29, 1.82) is 0 Å². The van der Waals surface area contributed by atoms with Crippen LogP contribution in [-0.4, -0.2) is 28.7 Å². The van der Waals surface area contributed by atoms with E-state index in [2.05, 4.69) is 15.1 Å². The molecule has 0 spiro atoms. The lowest BCUT2D eigenvalue weighted by Crippen LogP contribution is -2.32. The molecule has 0 saturated heterocycles. The Morgan fingerprint density at radius 2 is 1.78 bits per heavy atom. The van der Waals surface area contributed by atoms with Crippen LogP contribution in [0.25, 0.3) is 16.9 Å². The molecule has 2 atom stereocenters. The molecule has 7 nitrogen and oxygen atoms in total. The first-order chi connectivity index (χ1) is 17.6. The summed E-state index contributed by atoms with van der Waals surface area (Å²) in [6, 6.07) is 8.72. The van der Waals surface area contributed by atoms with Gasteiger partial charge in [-0.2, -0.15) is 18.3 Å². The van der Waals surface area contributed by atoms with Gasteiger partial charge in [-0.25, -0.2) is 23.5 Å². The number of fused-ring (bicyclic) bond motifs is 1. The molecule has 0 fully saturated rings. The fraction of sp³-hybridized carbons (Fsp3) is 0.200. The van der Waals surface area contributed by atoms with Crippen molar-refractivity contribution < 1.29 is 22.0 Å². The Labute approximate surface area is 206 Å². The van der Waals surface area contributed by atoms with Gasteiger partial charge in [0.05, 0.1) is 17.8 Å². The van der Waals surface area contributed by atoms with E-state index in [9.17, 15) is 26.7 Å². The van der Waals surface area contributed by atoms with Gasteiger partial charge in [0.25, 0.3) is 0 Å². The highest BCUT2D eigenvalue weighted by Crippen LogP contribution is 2.33. The highest BCUT2D eigenvalue weighted by atomic mass is 19.4. The van der Waals surface area contributed by atoms with E-state index >= 15 is 0 Å². The van der Waals surface area contributed by atoms with Gasteiger partial charge in [0.2, 0.25) is 0 Å². The van der Waals surface area contributed by atoms with Crippen LogP contribution in [0.1, 0.15) is 30.0 Å². The van der Waals surface area contributed by atoms with E-state index in [0.29, 0.717) is 16.9 Å². The van der Waals surface area contributed by atoms with Gasteiger partial charge in [0, 0.05) is 36.0 Å². The fourth-order valence-electron chi connectivity index (χ4n) is 4.31. The van der Waals surface area contributed by atoms with Crippen LogP contribution in [0.15, 0.2) is 78.4 Å². The van der Waals surface area contributed by atoms with Gasteiger partial charge in [0.15, 0.2) is 0 Å². The molecule has 37 heavy (non-hydrogen) atoms. The van der Waals surface area contributed by atoms with E-state index in [0.717, 1.165) is 24.3 Å². The Kier molecular flexibility index (Phi) is 6.10. The van der Waals surface area contributed by atoms with Crippen LogP contribution in [0.3, 0.4) is 0 Å². The molecule has 0 bridgehead atoms. The Morgan fingerprint density at radius 3 is 2.43 bits per heavy atom. The summed E-state index contributed by atoms with van der Waals surface area (Å²) in [5, 5.41) is 4.07. The summed E-state index contributed by atoms with van der Waals surface area (Å²) in [5.74, 6) is -2.10. The first-order valence-electron chi connectivity index (χ1n) is 11.2. The monoisotopic (exact) mass is 514 g/mol. The highest BCUT2D eigenvalue weighted by Gasteiger charge is 2.30. The van der Waals surface area contributed by atoms with Gasteiger partial charge in [-0.15, -0.1) is 0 Å². The number of nitrogens with zero attached hydrogens (tertiary/aromatic N) is 6. The molecule has 2 unspecified atom stereocenters.